The Morgan fingerprint density at radius 2 is 2.08 bits per heavy atom. The summed E-state index contributed by atoms with van der Waals surface area (Å²) in [6.45, 7) is 0.727. The molecule has 0 saturated heterocycles. The molecule has 1 rings (SSSR count). The SMILES string of the molecule is CNCC(Cl)c1ccccc1Cl. The fraction of sp³-hybridized carbons (Fsp3) is 0.333. The zero-order chi connectivity index (χ0) is 8.97. The van der Waals surface area contributed by atoms with E-state index in [1.54, 1.807) is 0 Å². The molecule has 1 aromatic rings. The Morgan fingerprint density at radius 1 is 1.42 bits per heavy atom. The van der Waals surface area contributed by atoms with E-state index in [1.807, 2.05) is 31.3 Å². The monoisotopic (exact) mass is 203 g/mol. The summed E-state index contributed by atoms with van der Waals surface area (Å²) >= 11 is 12.0. The molecule has 0 amide bonds. The highest BCUT2D eigenvalue weighted by molar-refractivity contribution is 6.32. The van der Waals surface area contributed by atoms with Crippen LogP contribution in [0.2, 0.25) is 5.02 Å². The normalized spacial score (nSPS) is 12.9. The number of nitrogens with one attached hydrogen (secondary N) is 1. The van der Waals surface area contributed by atoms with Crippen molar-refractivity contribution < 1.29 is 0 Å². The lowest BCUT2D eigenvalue weighted by atomic mass is 10.1. The highest BCUT2D eigenvalue weighted by Gasteiger charge is 2.08. The molecule has 3 heteroatoms. The van der Waals surface area contributed by atoms with E-state index in [2.05, 4.69) is 5.32 Å². The first kappa shape index (κ1) is 9.85. The first-order valence-corrected chi connectivity index (χ1v) is 4.60. The summed E-state index contributed by atoms with van der Waals surface area (Å²) in [6, 6.07) is 7.63. The van der Waals surface area contributed by atoms with Gasteiger partial charge in [-0.1, -0.05) is 29.8 Å². The van der Waals surface area contributed by atoms with Crippen molar-refractivity contribution in [2.75, 3.05) is 13.6 Å². The second-order valence-corrected chi connectivity index (χ2v) is 3.48. The van der Waals surface area contributed by atoms with Gasteiger partial charge in [0.2, 0.25) is 0 Å². The molecular weight excluding hydrogens is 193 g/mol. The Bertz CT molecular complexity index is 250. The van der Waals surface area contributed by atoms with E-state index in [0.717, 1.165) is 17.1 Å². The molecule has 1 nitrogen and oxygen atoms in total. The summed E-state index contributed by atoms with van der Waals surface area (Å²) in [5, 5.41) is 3.68. The minimum atomic E-state index is -0.0521. The van der Waals surface area contributed by atoms with Crippen LogP contribution in [-0.4, -0.2) is 13.6 Å². The molecule has 12 heavy (non-hydrogen) atoms. The molecule has 0 aliphatic carbocycles. The van der Waals surface area contributed by atoms with Crippen LogP contribution in [0.25, 0.3) is 0 Å². The summed E-state index contributed by atoms with van der Waals surface area (Å²) in [5.41, 5.74) is 0.982. The van der Waals surface area contributed by atoms with E-state index in [9.17, 15) is 0 Å². The Kier molecular flexibility index (Phi) is 3.86. The van der Waals surface area contributed by atoms with Crippen LogP contribution in [-0.2, 0) is 0 Å². The quantitative estimate of drug-likeness (QED) is 0.746. The maximum absolute atomic E-state index is 6.06. The van der Waals surface area contributed by atoms with Crippen LogP contribution in [0.4, 0.5) is 0 Å². The zero-order valence-electron chi connectivity index (χ0n) is 6.85. The molecule has 0 fully saturated rings. The van der Waals surface area contributed by atoms with Gasteiger partial charge in [0.05, 0.1) is 5.38 Å². The van der Waals surface area contributed by atoms with Gasteiger partial charge in [-0.05, 0) is 18.7 Å². The largest absolute Gasteiger partial charge is 0.318 e. The first-order chi connectivity index (χ1) is 5.75. The lowest BCUT2D eigenvalue weighted by Crippen LogP contribution is -2.13. The highest BCUT2D eigenvalue weighted by Crippen LogP contribution is 2.26. The van der Waals surface area contributed by atoms with Crippen molar-refractivity contribution in [3.8, 4) is 0 Å². The smallest absolute Gasteiger partial charge is 0.0724 e. The van der Waals surface area contributed by atoms with Gasteiger partial charge < -0.3 is 5.32 Å². The molecule has 1 N–H and O–H groups in total. The van der Waals surface area contributed by atoms with Crippen molar-refractivity contribution in [1.82, 2.24) is 5.32 Å². The lowest BCUT2D eigenvalue weighted by molar-refractivity contribution is 0.771. The van der Waals surface area contributed by atoms with Gasteiger partial charge in [0.15, 0.2) is 0 Å². The number of hydrogen-bond donors (Lipinski definition) is 1. The molecule has 1 aromatic carbocycles. The maximum Gasteiger partial charge on any atom is 0.0724 e. The third kappa shape index (κ3) is 2.37. The van der Waals surface area contributed by atoms with E-state index in [1.165, 1.54) is 0 Å². The highest BCUT2D eigenvalue weighted by atomic mass is 35.5. The molecule has 1 atom stereocenters. The van der Waals surface area contributed by atoms with Crippen molar-refractivity contribution in [1.29, 1.82) is 0 Å². The van der Waals surface area contributed by atoms with Crippen LogP contribution in [0.15, 0.2) is 24.3 Å². The Morgan fingerprint density at radius 3 is 2.67 bits per heavy atom. The predicted molar refractivity (Wildman–Crippen MR) is 54.0 cm³/mol. The molecule has 0 aromatic heterocycles. The van der Waals surface area contributed by atoms with E-state index < -0.39 is 0 Å². The topological polar surface area (TPSA) is 12.0 Å². The third-order valence-electron chi connectivity index (χ3n) is 1.63. The van der Waals surface area contributed by atoms with Gasteiger partial charge in [-0.3, -0.25) is 0 Å². The Labute approximate surface area is 82.7 Å². The van der Waals surface area contributed by atoms with Crippen LogP contribution in [0, 0.1) is 0 Å². The second-order valence-electron chi connectivity index (χ2n) is 2.55. The maximum atomic E-state index is 6.06. The Hall–Kier alpha value is -0.240. The van der Waals surface area contributed by atoms with E-state index in [4.69, 9.17) is 23.2 Å². The van der Waals surface area contributed by atoms with Crippen LogP contribution in [0.5, 0.6) is 0 Å². The van der Waals surface area contributed by atoms with Gasteiger partial charge in [-0.15, -0.1) is 11.6 Å². The number of hydrogen-bond acceptors (Lipinski definition) is 1. The van der Waals surface area contributed by atoms with Gasteiger partial charge in [0.25, 0.3) is 0 Å². The third-order valence-corrected chi connectivity index (χ3v) is 2.36. The molecule has 0 saturated carbocycles. The molecule has 0 spiro atoms. The average molecular weight is 204 g/mol. The fourth-order valence-corrected chi connectivity index (χ4v) is 1.69. The molecule has 0 aliphatic rings. The van der Waals surface area contributed by atoms with E-state index in [0.29, 0.717) is 0 Å². The number of alkyl halides is 1. The van der Waals surface area contributed by atoms with Crippen LogP contribution in [0.1, 0.15) is 10.9 Å². The molecule has 0 aliphatic heterocycles. The van der Waals surface area contributed by atoms with Crippen LogP contribution < -0.4 is 5.32 Å². The van der Waals surface area contributed by atoms with E-state index in [-0.39, 0.29) is 5.38 Å². The van der Waals surface area contributed by atoms with Gasteiger partial charge in [0, 0.05) is 11.6 Å². The van der Waals surface area contributed by atoms with Crippen LogP contribution in [0.3, 0.4) is 0 Å². The summed E-state index contributed by atoms with van der Waals surface area (Å²) in [4.78, 5) is 0. The molecule has 66 valence electrons. The van der Waals surface area contributed by atoms with Crippen molar-refractivity contribution in [2.24, 2.45) is 0 Å². The molecule has 0 heterocycles. The minimum Gasteiger partial charge on any atom is -0.318 e. The lowest BCUT2D eigenvalue weighted by Gasteiger charge is -2.10. The van der Waals surface area contributed by atoms with E-state index >= 15 is 0 Å². The van der Waals surface area contributed by atoms with Crippen molar-refractivity contribution >= 4 is 23.2 Å². The van der Waals surface area contributed by atoms with Crippen molar-refractivity contribution in [2.45, 2.75) is 5.38 Å². The first-order valence-electron chi connectivity index (χ1n) is 3.79. The van der Waals surface area contributed by atoms with Gasteiger partial charge in [0.1, 0.15) is 0 Å². The van der Waals surface area contributed by atoms with Crippen molar-refractivity contribution in [3.63, 3.8) is 0 Å². The standard InChI is InChI=1S/C9H11Cl2N/c1-12-6-9(11)7-4-2-3-5-8(7)10/h2-5,9,12H,6H2,1H3. The average Bonchev–Trinajstić information content (AvgIpc) is 2.05. The summed E-state index contributed by atoms with van der Waals surface area (Å²) < 4.78 is 0. The molecular formula is C9H11Cl2N. The van der Waals surface area contributed by atoms with Crippen molar-refractivity contribution in [3.05, 3.63) is 34.9 Å². The molecule has 0 radical (unpaired) electrons. The summed E-state index contributed by atoms with van der Waals surface area (Å²) in [6.07, 6.45) is 0. The number of likely N-dealkylation sites (N-methyl/N-ethyl adjacent to an activating group) is 1. The fourth-order valence-electron chi connectivity index (χ4n) is 1.02. The van der Waals surface area contributed by atoms with Crippen LogP contribution >= 0.6 is 23.2 Å². The summed E-state index contributed by atoms with van der Waals surface area (Å²) in [5.74, 6) is 0. The predicted octanol–water partition coefficient (Wildman–Crippen LogP) is 2.84. The van der Waals surface area contributed by atoms with Gasteiger partial charge in [-0.2, -0.15) is 0 Å². The number of halogens is 2. The Balaban J connectivity index is 2.79. The second kappa shape index (κ2) is 4.70. The number of rotatable bonds is 3. The van der Waals surface area contributed by atoms with Gasteiger partial charge >= 0.3 is 0 Å². The number of benzene rings is 1. The zero-order valence-corrected chi connectivity index (χ0v) is 8.36. The minimum absolute atomic E-state index is 0.0521. The van der Waals surface area contributed by atoms with Gasteiger partial charge in [-0.25, -0.2) is 0 Å². The summed E-state index contributed by atoms with van der Waals surface area (Å²) in [7, 11) is 1.87. The molecule has 0 bridgehead atoms. The molecule has 1 unspecified atom stereocenters.